The minimum atomic E-state index is -2.67. The number of amides is 2. The van der Waals surface area contributed by atoms with E-state index in [2.05, 4.69) is 40.4 Å². The number of nitrogens with one attached hydrogen (secondary N) is 2. The third-order valence-corrected chi connectivity index (χ3v) is 7.78. The van der Waals surface area contributed by atoms with Crippen LogP contribution in [0.1, 0.15) is 41.1 Å². The highest BCUT2D eigenvalue weighted by atomic mass is 19.3. The van der Waals surface area contributed by atoms with Crippen molar-refractivity contribution in [2.75, 3.05) is 39.4 Å². The lowest BCUT2D eigenvalue weighted by molar-refractivity contribution is -0.0493. The fourth-order valence-corrected chi connectivity index (χ4v) is 5.62. The maximum atomic E-state index is 13.6. The third-order valence-electron chi connectivity index (χ3n) is 7.78. The first-order chi connectivity index (χ1) is 17.4. The van der Waals surface area contributed by atoms with Crippen molar-refractivity contribution < 1.29 is 18.3 Å². The number of piperidine rings is 1. The van der Waals surface area contributed by atoms with Gasteiger partial charge >= 0.3 is 6.03 Å². The van der Waals surface area contributed by atoms with E-state index < -0.39 is 5.92 Å². The standard InChI is InChI=1S/C27H31F2N5O2/c1-17-13-31-25-21(17)12-20(14-32-25)19-10-18-2-6-34(26(35)33-7-3-27(28,29)4-8-33)15-23(18)22(11-19)24-16-36-9-5-30-24/h10-14,24,30H,2-9,15-16H2,1H3,(H,31,32)/t24-/m0/s1. The Morgan fingerprint density at radius 2 is 1.97 bits per heavy atom. The number of carbonyl (C=O) groups is 1. The summed E-state index contributed by atoms with van der Waals surface area (Å²) in [5.41, 5.74) is 7.68. The maximum absolute atomic E-state index is 13.6. The summed E-state index contributed by atoms with van der Waals surface area (Å²) in [6, 6.07) is 6.48. The zero-order valence-corrected chi connectivity index (χ0v) is 20.4. The number of aromatic amines is 1. The van der Waals surface area contributed by atoms with Crippen LogP contribution in [0.3, 0.4) is 0 Å². The van der Waals surface area contributed by atoms with E-state index in [-0.39, 0.29) is 38.0 Å². The molecule has 2 aromatic heterocycles. The van der Waals surface area contributed by atoms with Crippen LogP contribution in [0.25, 0.3) is 22.2 Å². The number of benzene rings is 1. The zero-order chi connectivity index (χ0) is 24.9. The summed E-state index contributed by atoms with van der Waals surface area (Å²) >= 11 is 0. The van der Waals surface area contributed by atoms with E-state index in [0.29, 0.717) is 26.3 Å². The number of morpholine rings is 1. The van der Waals surface area contributed by atoms with Crippen LogP contribution in [-0.4, -0.2) is 71.1 Å². The molecule has 0 aliphatic carbocycles. The molecule has 1 aromatic carbocycles. The number of alkyl halides is 2. The molecule has 0 radical (unpaired) electrons. The van der Waals surface area contributed by atoms with Gasteiger partial charge in [-0.05, 0) is 53.3 Å². The first-order valence-electron chi connectivity index (χ1n) is 12.7. The van der Waals surface area contributed by atoms with Crippen molar-refractivity contribution in [3.8, 4) is 11.1 Å². The molecule has 5 heterocycles. The molecule has 7 nitrogen and oxygen atoms in total. The smallest absolute Gasteiger partial charge is 0.320 e. The number of aryl methyl sites for hydroxylation is 1. The summed E-state index contributed by atoms with van der Waals surface area (Å²) in [5, 5.41) is 4.68. The number of aromatic nitrogens is 2. The molecule has 3 aromatic rings. The number of ether oxygens (including phenoxy) is 1. The Morgan fingerprint density at radius 3 is 2.75 bits per heavy atom. The second kappa shape index (κ2) is 9.12. The maximum Gasteiger partial charge on any atom is 0.320 e. The van der Waals surface area contributed by atoms with Crippen molar-refractivity contribution in [3.63, 3.8) is 0 Å². The highest BCUT2D eigenvalue weighted by molar-refractivity contribution is 5.84. The van der Waals surface area contributed by atoms with Gasteiger partial charge in [-0.1, -0.05) is 6.07 Å². The summed E-state index contributed by atoms with van der Waals surface area (Å²) in [5.74, 6) is -2.67. The Bertz CT molecular complexity index is 1290. The van der Waals surface area contributed by atoms with Crippen LogP contribution in [0.15, 0.2) is 30.6 Å². The van der Waals surface area contributed by atoms with Gasteiger partial charge in [0.05, 0.1) is 19.3 Å². The van der Waals surface area contributed by atoms with Crippen LogP contribution in [0.5, 0.6) is 0 Å². The highest BCUT2D eigenvalue weighted by Gasteiger charge is 2.37. The van der Waals surface area contributed by atoms with Gasteiger partial charge in [0.25, 0.3) is 5.92 Å². The molecule has 36 heavy (non-hydrogen) atoms. The van der Waals surface area contributed by atoms with Crippen LogP contribution in [0, 0.1) is 6.92 Å². The number of hydrogen-bond donors (Lipinski definition) is 2. The number of hydrogen-bond acceptors (Lipinski definition) is 4. The fourth-order valence-electron chi connectivity index (χ4n) is 5.62. The predicted octanol–water partition coefficient (Wildman–Crippen LogP) is 4.41. The molecule has 0 saturated carbocycles. The molecule has 190 valence electrons. The van der Waals surface area contributed by atoms with E-state index in [9.17, 15) is 13.6 Å². The van der Waals surface area contributed by atoms with Gasteiger partial charge in [0.1, 0.15) is 5.65 Å². The number of likely N-dealkylation sites (tertiary alicyclic amines) is 1. The van der Waals surface area contributed by atoms with E-state index in [1.54, 1.807) is 4.90 Å². The molecule has 6 rings (SSSR count). The Kier molecular flexibility index (Phi) is 5.92. The average Bonchev–Trinajstić information content (AvgIpc) is 3.27. The number of H-pyrrole nitrogens is 1. The highest BCUT2D eigenvalue weighted by Crippen LogP contribution is 2.35. The first kappa shape index (κ1) is 23.4. The molecule has 1 atom stereocenters. The van der Waals surface area contributed by atoms with Crippen molar-refractivity contribution in [2.45, 2.75) is 44.7 Å². The zero-order valence-electron chi connectivity index (χ0n) is 20.4. The van der Waals surface area contributed by atoms with Crippen LogP contribution < -0.4 is 5.32 Å². The lowest BCUT2D eigenvalue weighted by atomic mass is 9.87. The summed E-state index contributed by atoms with van der Waals surface area (Å²) < 4.78 is 33.0. The topological polar surface area (TPSA) is 73.5 Å². The molecule has 2 amide bonds. The number of fused-ring (bicyclic) bond motifs is 2. The van der Waals surface area contributed by atoms with Crippen molar-refractivity contribution in [3.05, 3.63) is 52.8 Å². The number of urea groups is 1. The van der Waals surface area contributed by atoms with Crippen molar-refractivity contribution >= 4 is 17.1 Å². The molecule has 3 aliphatic heterocycles. The van der Waals surface area contributed by atoms with Crippen LogP contribution in [0.4, 0.5) is 13.6 Å². The Balaban J connectivity index is 1.33. The molecule has 0 bridgehead atoms. The number of carbonyl (C=O) groups excluding carboxylic acids is 1. The molecule has 2 N–H and O–H groups in total. The summed E-state index contributed by atoms with van der Waals surface area (Å²) in [6.07, 6.45) is 4.07. The molecule has 9 heteroatoms. The molecular formula is C27H31F2N5O2. The van der Waals surface area contributed by atoms with Crippen molar-refractivity contribution in [1.82, 2.24) is 25.1 Å². The predicted molar refractivity (Wildman–Crippen MR) is 133 cm³/mol. The SMILES string of the molecule is Cc1c[nH]c2ncc(-c3cc4c(c([C@@H]5COCCN5)c3)CN(C(=O)N3CCC(F)(F)CC3)CC4)cc12. The van der Waals surface area contributed by atoms with Gasteiger partial charge in [-0.2, -0.15) is 0 Å². The van der Waals surface area contributed by atoms with Gasteiger partial charge in [-0.15, -0.1) is 0 Å². The van der Waals surface area contributed by atoms with Crippen LogP contribution in [0.2, 0.25) is 0 Å². The Labute approximate surface area is 208 Å². The average molecular weight is 496 g/mol. The van der Waals surface area contributed by atoms with E-state index >= 15 is 0 Å². The van der Waals surface area contributed by atoms with Gasteiger partial charge in [0.2, 0.25) is 0 Å². The first-order valence-corrected chi connectivity index (χ1v) is 12.7. The lowest BCUT2D eigenvalue weighted by Gasteiger charge is -2.39. The van der Waals surface area contributed by atoms with Crippen LogP contribution >= 0.6 is 0 Å². The quantitative estimate of drug-likeness (QED) is 0.553. The Morgan fingerprint density at radius 1 is 1.14 bits per heavy atom. The minimum absolute atomic E-state index is 0.0295. The lowest BCUT2D eigenvalue weighted by Crippen LogP contribution is -2.50. The van der Waals surface area contributed by atoms with Gasteiger partial charge in [-0.3, -0.25) is 0 Å². The molecule has 2 fully saturated rings. The second-order valence-corrected chi connectivity index (χ2v) is 10.2. The normalized spacial score (nSPS) is 22.0. The second-order valence-electron chi connectivity index (χ2n) is 10.2. The van der Waals surface area contributed by atoms with Gasteiger partial charge in [0.15, 0.2) is 0 Å². The van der Waals surface area contributed by atoms with E-state index in [4.69, 9.17) is 4.74 Å². The number of pyridine rings is 1. The largest absolute Gasteiger partial charge is 0.378 e. The van der Waals surface area contributed by atoms with Gasteiger partial charge < -0.3 is 24.8 Å². The number of rotatable bonds is 2. The molecule has 0 unspecified atom stereocenters. The van der Waals surface area contributed by atoms with Gasteiger partial charge in [-0.25, -0.2) is 18.6 Å². The van der Waals surface area contributed by atoms with Gasteiger partial charge in [0, 0.05) is 68.9 Å². The van der Waals surface area contributed by atoms with E-state index in [1.807, 2.05) is 17.3 Å². The van der Waals surface area contributed by atoms with E-state index in [0.717, 1.165) is 51.8 Å². The monoisotopic (exact) mass is 495 g/mol. The molecule has 2 saturated heterocycles. The molecule has 3 aliphatic rings. The third kappa shape index (κ3) is 4.35. The summed E-state index contributed by atoms with van der Waals surface area (Å²) in [6.45, 7) is 5.34. The van der Waals surface area contributed by atoms with Crippen molar-refractivity contribution in [2.24, 2.45) is 0 Å². The van der Waals surface area contributed by atoms with Crippen molar-refractivity contribution in [1.29, 1.82) is 0 Å². The summed E-state index contributed by atoms with van der Waals surface area (Å²) in [7, 11) is 0. The van der Waals surface area contributed by atoms with E-state index in [1.165, 1.54) is 5.56 Å². The molecule has 0 spiro atoms. The van der Waals surface area contributed by atoms with Crippen LogP contribution in [-0.2, 0) is 17.7 Å². The minimum Gasteiger partial charge on any atom is -0.378 e. The number of nitrogens with zero attached hydrogens (tertiary/aromatic N) is 3. The Hall–Kier alpha value is -3.04. The summed E-state index contributed by atoms with van der Waals surface area (Å²) in [4.78, 5) is 24.5. The number of halogens is 2. The fraction of sp³-hybridized carbons (Fsp3) is 0.481. The molecular weight excluding hydrogens is 464 g/mol.